The van der Waals surface area contributed by atoms with Crippen LogP contribution in [-0.4, -0.2) is 25.8 Å². The van der Waals surface area contributed by atoms with Crippen molar-refractivity contribution in [2.75, 3.05) is 0 Å². The Morgan fingerprint density at radius 1 is 1.14 bits per heavy atom. The Hall–Kier alpha value is -2.66. The van der Waals surface area contributed by atoms with Crippen molar-refractivity contribution in [3.63, 3.8) is 0 Å². The Balaban J connectivity index is 2.24. The molecule has 0 atom stereocenters. The number of halogens is 1. The third-order valence-corrected chi connectivity index (χ3v) is 3.32. The minimum Gasteiger partial charge on any atom is -0.476 e. The maximum atomic E-state index is 11.2. The van der Waals surface area contributed by atoms with E-state index in [2.05, 4.69) is 10.1 Å². The smallest absolute Gasteiger partial charge is 0.356 e. The van der Waals surface area contributed by atoms with Gasteiger partial charge in [-0.25, -0.2) is 9.48 Å². The second-order valence-electron chi connectivity index (χ2n) is 4.32. The van der Waals surface area contributed by atoms with Gasteiger partial charge in [0.1, 0.15) is 0 Å². The minimum absolute atomic E-state index is 0.0401. The van der Waals surface area contributed by atoms with Crippen molar-refractivity contribution in [2.45, 2.75) is 0 Å². The fourth-order valence-electron chi connectivity index (χ4n) is 2.03. The summed E-state index contributed by atoms with van der Waals surface area (Å²) in [7, 11) is 0. The quantitative estimate of drug-likeness (QED) is 0.806. The van der Waals surface area contributed by atoms with E-state index in [-0.39, 0.29) is 5.69 Å². The van der Waals surface area contributed by atoms with Crippen molar-refractivity contribution >= 4 is 17.6 Å². The topological polar surface area (TPSA) is 68.0 Å². The van der Waals surface area contributed by atoms with Crippen LogP contribution in [0.3, 0.4) is 0 Å². The molecule has 0 radical (unpaired) electrons. The molecule has 104 valence electrons. The van der Waals surface area contributed by atoms with Gasteiger partial charge in [0, 0.05) is 23.0 Å². The lowest BCUT2D eigenvalue weighted by Crippen LogP contribution is -2.02. The molecule has 2 aromatic heterocycles. The van der Waals surface area contributed by atoms with Crippen LogP contribution in [0.25, 0.3) is 16.9 Å². The first-order valence-corrected chi connectivity index (χ1v) is 6.53. The zero-order chi connectivity index (χ0) is 14.8. The van der Waals surface area contributed by atoms with Gasteiger partial charge in [-0.3, -0.25) is 4.98 Å². The summed E-state index contributed by atoms with van der Waals surface area (Å²) in [6.07, 6.45) is 3.24. The number of carboxylic acids is 1. The third kappa shape index (κ3) is 2.51. The summed E-state index contributed by atoms with van der Waals surface area (Å²) in [5.74, 6) is -1.09. The highest BCUT2D eigenvalue weighted by Crippen LogP contribution is 2.30. The number of hydrogen-bond acceptors (Lipinski definition) is 3. The molecule has 1 aromatic carbocycles. The molecule has 0 saturated carbocycles. The van der Waals surface area contributed by atoms with Crippen LogP contribution in [0.15, 0.2) is 54.9 Å². The normalized spacial score (nSPS) is 10.5. The summed E-state index contributed by atoms with van der Waals surface area (Å²) in [4.78, 5) is 15.1. The maximum absolute atomic E-state index is 11.2. The molecule has 0 aliphatic carbocycles. The van der Waals surface area contributed by atoms with Gasteiger partial charge in [0.2, 0.25) is 0 Å². The molecule has 0 bridgehead atoms. The number of benzene rings is 1. The number of aromatic carboxylic acids is 1. The largest absolute Gasteiger partial charge is 0.476 e. The second-order valence-corrected chi connectivity index (χ2v) is 4.72. The van der Waals surface area contributed by atoms with Crippen LogP contribution in [0, 0.1) is 0 Å². The SMILES string of the molecule is O=C(O)c1cc(-c2ccccc2Cl)n(-c2ccncc2)n1. The molecule has 6 heteroatoms. The van der Waals surface area contributed by atoms with Crippen molar-refractivity contribution in [1.82, 2.24) is 14.8 Å². The summed E-state index contributed by atoms with van der Waals surface area (Å²) in [6.45, 7) is 0. The molecule has 2 heterocycles. The molecule has 0 fully saturated rings. The van der Waals surface area contributed by atoms with E-state index in [4.69, 9.17) is 16.7 Å². The van der Waals surface area contributed by atoms with Crippen LogP contribution >= 0.6 is 11.6 Å². The van der Waals surface area contributed by atoms with Crippen LogP contribution in [0.5, 0.6) is 0 Å². The fourth-order valence-corrected chi connectivity index (χ4v) is 2.26. The van der Waals surface area contributed by atoms with Crippen LogP contribution in [-0.2, 0) is 0 Å². The van der Waals surface area contributed by atoms with Crippen molar-refractivity contribution in [3.8, 4) is 16.9 Å². The van der Waals surface area contributed by atoms with E-state index in [0.29, 0.717) is 16.4 Å². The van der Waals surface area contributed by atoms with Crippen LogP contribution < -0.4 is 0 Å². The summed E-state index contributed by atoms with van der Waals surface area (Å²) in [6, 6.07) is 12.2. The highest BCUT2D eigenvalue weighted by molar-refractivity contribution is 6.33. The lowest BCUT2D eigenvalue weighted by molar-refractivity contribution is 0.0690. The van der Waals surface area contributed by atoms with Gasteiger partial charge in [0.25, 0.3) is 0 Å². The van der Waals surface area contributed by atoms with Gasteiger partial charge in [-0.15, -0.1) is 0 Å². The van der Waals surface area contributed by atoms with Gasteiger partial charge in [0.15, 0.2) is 5.69 Å². The lowest BCUT2D eigenvalue weighted by atomic mass is 10.1. The Morgan fingerprint density at radius 2 is 1.86 bits per heavy atom. The average molecular weight is 300 g/mol. The molecule has 3 aromatic rings. The minimum atomic E-state index is -1.09. The van der Waals surface area contributed by atoms with Crippen LogP contribution in [0.4, 0.5) is 0 Å². The molecular weight excluding hydrogens is 290 g/mol. The van der Waals surface area contributed by atoms with Gasteiger partial charge in [-0.2, -0.15) is 5.10 Å². The monoisotopic (exact) mass is 299 g/mol. The number of carbonyl (C=O) groups is 1. The van der Waals surface area contributed by atoms with Crippen molar-refractivity contribution in [1.29, 1.82) is 0 Å². The van der Waals surface area contributed by atoms with E-state index >= 15 is 0 Å². The Bertz CT molecular complexity index is 800. The highest BCUT2D eigenvalue weighted by atomic mass is 35.5. The van der Waals surface area contributed by atoms with Gasteiger partial charge in [-0.05, 0) is 24.3 Å². The molecule has 3 rings (SSSR count). The molecule has 0 unspecified atom stereocenters. The predicted octanol–water partition coefficient (Wildman–Crippen LogP) is 3.29. The number of hydrogen-bond donors (Lipinski definition) is 1. The second kappa shape index (κ2) is 5.38. The molecule has 0 aliphatic rings. The van der Waals surface area contributed by atoms with E-state index in [1.807, 2.05) is 18.2 Å². The molecule has 0 saturated heterocycles. The molecule has 0 aliphatic heterocycles. The molecule has 5 nitrogen and oxygen atoms in total. The first-order chi connectivity index (χ1) is 10.2. The summed E-state index contributed by atoms with van der Waals surface area (Å²) < 4.78 is 1.55. The Kier molecular flexibility index (Phi) is 3.41. The zero-order valence-corrected chi connectivity index (χ0v) is 11.5. The molecule has 1 N–H and O–H groups in total. The molecule has 0 spiro atoms. The Labute approximate surface area is 125 Å². The summed E-state index contributed by atoms with van der Waals surface area (Å²) >= 11 is 6.21. The first kappa shape index (κ1) is 13.3. The summed E-state index contributed by atoms with van der Waals surface area (Å²) in [5.41, 5.74) is 2.01. The first-order valence-electron chi connectivity index (χ1n) is 6.15. The lowest BCUT2D eigenvalue weighted by Gasteiger charge is -2.08. The standard InChI is InChI=1S/C15H10ClN3O2/c16-12-4-2-1-3-11(12)14-9-13(15(20)21)18-19(14)10-5-7-17-8-6-10/h1-9H,(H,20,21). The Morgan fingerprint density at radius 3 is 2.52 bits per heavy atom. The van der Waals surface area contributed by atoms with E-state index in [1.165, 1.54) is 6.07 Å². The average Bonchev–Trinajstić information content (AvgIpc) is 2.94. The zero-order valence-electron chi connectivity index (χ0n) is 10.8. The van der Waals surface area contributed by atoms with Gasteiger partial charge in [0.05, 0.1) is 11.4 Å². The summed E-state index contributed by atoms with van der Waals surface area (Å²) in [5, 5.41) is 13.8. The number of nitrogens with zero attached hydrogens (tertiary/aromatic N) is 3. The van der Waals surface area contributed by atoms with E-state index in [9.17, 15) is 4.79 Å². The van der Waals surface area contributed by atoms with Crippen LogP contribution in [0.1, 0.15) is 10.5 Å². The third-order valence-electron chi connectivity index (χ3n) is 2.99. The van der Waals surface area contributed by atoms with Crippen LogP contribution in [0.2, 0.25) is 5.02 Å². The van der Waals surface area contributed by atoms with Crippen molar-refractivity contribution in [2.24, 2.45) is 0 Å². The fraction of sp³-hybridized carbons (Fsp3) is 0. The number of aromatic nitrogens is 3. The van der Waals surface area contributed by atoms with Gasteiger partial charge < -0.3 is 5.11 Å². The number of rotatable bonds is 3. The van der Waals surface area contributed by atoms with Crippen molar-refractivity contribution < 1.29 is 9.90 Å². The maximum Gasteiger partial charge on any atom is 0.356 e. The van der Waals surface area contributed by atoms with Crippen molar-refractivity contribution in [3.05, 3.63) is 65.6 Å². The molecule has 21 heavy (non-hydrogen) atoms. The highest BCUT2D eigenvalue weighted by Gasteiger charge is 2.17. The van der Waals surface area contributed by atoms with Gasteiger partial charge in [-0.1, -0.05) is 29.8 Å². The number of pyridine rings is 1. The van der Waals surface area contributed by atoms with E-state index in [0.717, 1.165) is 5.56 Å². The van der Waals surface area contributed by atoms with Gasteiger partial charge >= 0.3 is 5.97 Å². The van der Waals surface area contributed by atoms with E-state index < -0.39 is 5.97 Å². The number of carboxylic acid groups (broad SMARTS) is 1. The van der Waals surface area contributed by atoms with E-state index in [1.54, 1.807) is 35.3 Å². The molecular formula is C15H10ClN3O2. The predicted molar refractivity (Wildman–Crippen MR) is 78.8 cm³/mol. The molecule has 0 amide bonds.